The molecule has 7 heteroatoms. The number of carbonyl (C=O) groups excluding carboxylic acids is 1. The van der Waals surface area contributed by atoms with E-state index in [-0.39, 0.29) is 11.9 Å². The third kappa shape index (κ3) is 4.19. The SMILES string of the molecule is CC(C)n1nnnc1SCC(=O)NC1CCCCC1. The number of carbonyl (C=O) groups is 1. The molecule has 0 unspecified atom stereocenters. The van der Waals surface area contributed by atoms with E-state index in [0.29, 0.717) is 17.0 Å². The molecule has 106 valence electrons. The third-order valence-electron chi connectivity index (χ3n) is 3.25. The number of hydrogen-bond donors (Lipinski definition) is 1. The van der Waals surface area contributed by atoms with Crippen molar-refractivity contribution in [2.75, 3.05) is 5.75 Å². The van der Waals surface area contributed by atoms with Gasteiger partial charge in [0.05, 0.1) is 11.8 Å². The summed E-state index contributed by atoms with van der Waals surface area (Å²) in [6.07, 6.45) is 5.97. The minimum atomic E-state index is 0.0789. The summed E-state index contributed by atoms with van der Waals surface area (Å²) in [5.41, 5.74) is 0. The molecule has 6 nitrogen and oxygen atoms in total. The van der Waals surface area contributed by atoms with Crippen molar-refractivity contribution in [3.8, 4) is 0 Å². The molecule has 0 bridgehead atoms. The largest absolute Gasteiger partial charge is 0.353 e. The van der Waals surface area contributed by atoms with E-state index >= 15 is 0 Å². The Kier molecular flexibility index (Phi) is 5.18. The maximum absolute atomic E-state index is 11.9. The van der Waals surface area contributed by atoms with E-state index in [2.05, 4.69) is 20.8 Å². The predicted octanol–water partition coefficient (Wildman–Crippen LogP) is 1.79. The molecule has 1 aromatic heterocycles. The Labute approximate surface area is 117 Å². The van der Waals surface area contributed by atoms with Gasteiger partial charge in [-0.15, -0.1) is 5.10 Å². The van der Waals surface area contributed by atoms with E-state index in [9.17, 15) is 4.79 Å². The van der Waals surface area contributed by atoms with Gasteiger partial charge in [-0.05, 0) is 37.1 Å². The summed E-state index contributed by atoms with van der Waals surface area (Å²) in [6, 6.07) is 0.571. The van der Waals surface area contributed by atoms with Crippen LogP contribution in [0, 0.1) is 0 Å². The van der Waals surface area contributed by atoms with Gasteiger partial charge in [0.15, 0.2) is 0 Å². The van der Waals surface area contributed by atoms with Crippen LogP contribution in [0.25, 0.3) is 0 Å². The Morgan fingerprint density at radius 3 is 2.84 bits per heavy atom. The van der Waals surface area contributed by atoms with Crippen LogP contribution in [0.1, 0.15) is 52.0 Å². The predicted molar refractivity (Wildman–Crippen MR) is 73.9 cm³/mol. The molecule has 1 aliphatic rings. The molecule has 1 aromatic rings. The lowest BCUT2D eigenvalue weighted by Crippen LogP contribution is -2.37. The van der Waals surface area contributed by atoms with Crippen LogP contribution in [-0.2, 0) is 4.79 Å². The molecular formula is C12H21N5OS. The fourth-order valence-electron chi connectivity index (χ4n) is 2.25. The van der Waals surface area contributed by atoms with Crippen molar-refractivity contribution in [1.29, 1.82) is 0 Å². The van der Waals surface area contributed by atoms with Gasteiger partial charge in [-0.1, -0.05) is 31.0 Å². The van der Waals surface area contributed by atoms with Gasteiger partial charge in [0.2, 0.25) is 11.1 Å². The Bertz CT molecular complexity index is 414. The van der Waals surface area contributed by atoms with Crippen molar-refractivity contribution in [2.24, 2.45) is 0 Å². The molecule has 1 fully saturated rings. The average molecular weight is 283 g/mol. The highest BCUT2D eigenvalue weighted by Crippen LogP contribution is 2.19. The number of hydrogen-bond acceptors (Lipinski definition) is 5. The molecule has 1 heterocycles. The lowest BCUT2D eigenvalue weighted by Gasteiger charge is -2.22. The summed E-state index contributed by atoms with van der Waals surface area (Å²) in [6.45, 7) is 4.03. The molecular weight excluding hydrogens is 262 g/mol. The Morgan fingerprint density at radius 1 is 1.42 bits per heavy atom. The second-order valence-electron chi connectivity index (χ2n) is 5.19. The summed E-state index contributed by atoms with van der Waals surface area (Å²) in [4.78, 5) is 11.9. The molecule has 0 aliphatic heterocycles. The average Bonchev–Trinajstić information content (AvgIpc) is 2.86. The van der Waals surface area contributed by atoms with Crippen LogP contribution < -0.4 is 5.32 Å². The summed E-state index contributed by atoms with van der Waals surface area (Å²) < 4.78 is 1.73. The summed E-state index contributed by atoms with van der Waals surface area (Å²) in [5, 5.41) is 15.3. The fourth-order valence-corrected chi connectivity index (χ4v) is 3.07. The van der Waals surface area contributed by atoms with Gasteiger partial charge in [-0.3, -0.25) is 4.79 Å². The number of thioether (sulfide) groups is 1. The van der Waals surface area contributed by atoms with Crippen LogP contribution in [0.2, 0.25) is 0 Å². The third-order valence-corrected chi connectivity index (χ3v) is 4.19. The first-order chi connectivity index (χ1) is 9.16. The highest BCUT2D eigenvalue weighted by molar-refractivity contribution is 7.99. The number of rotatable bonds is 5. The van der Waals surface area contributed by atoms with Gasteiger partial charge >= 0.3 is 0 Å². The zero-order valence-corrected chi connectivity index (χ0v) is 12.3. The standard InChI is InChI=1S/C12H21N5OS/c1-9(2)17-12(14-15-16-17)19-8-11(18)13-10-6-4-3-5-7-10/h9-10H,3-8H2,1-2H3,(H,13,18). The fraction of sp³-hybridized carbons (Fsp3) is 0.833. The van der Waals surface area contributed by atoms with Crippen LogP contribution >= 0.6 is 11.8 Å². The molecule has 0 saturated heterocycles. The van der Waals surface area contributed by atoms with E-state index in [1.54, 1.807) is 4.68 Å². The molecule has 2 rings (SSSR count). The van der Waals surface area contributed by atoms with Crippen molar-refractivity contribution in [3.63, 3.8) is 0 Å². The van der Waals surface area contributed by atoms with Crippen molar-refractivity contribution in [2.45, 2.75) is 63.2 Å². The van der Waals surface area contributed by atoms with Crippen LogP contribution in [0.15, 0.2) is 5.16 Å². The van der Waals surface area contributed by atoms with Gasteiger partial charge in [0.1, 0.15) is 0 Å². The second-order valence-corrected chi connectivity index (χ2v) is 6.13. The van der Waals surface area contributed by atoms with Crippen molar-refractivity contribution in [3.05, 3.63) is 0 Å². The first kappa shape index (κ1) is 14.3. The first-order valence-electron chi connectivity index (χ1n) is 6.87. The Hall–Kier alpha value is -1.11. The van der Waals surface area contributed by atoms with E-state index in [1.807, 2.05) is 13.8 Å². The van der Waals surface area contributed by atoms with Gasteiger partial charge in [0, 0.05) is 6.04 Å². The van der Waals surface area contributed by atoms with E-state index in [4.69, 9.17) is 0 Å². The summed E-state index contributed by atoms with van der Waals surface area (Å²) in [5.74, 6) is 0.457. The number of nitrogens with zero attached hydrogens (tertiary/aromatic N) is 4. The zero-order valence-electron chi connectivity index (χ0n) is 11.5. The van der Waals surface area contributed by atoms with Gasteiger partial charge in [0.25, 0.3) is 0 Å². The van der Waals surface area contributed by atoms with E-state index in [1.165, 1.54) is 31.0 Å². The Morgan fingerprint density at radius 2 is 2.16 bits per heavy atom. The highest BCUT2D eigenvalue weighted by atomic mass is 32.2. The quantitative estimate of drug-likeness (QED) is 0.834. The topological polar surface area (TPSA) is 72.7 Å². The Balaban J connectivity index is 1.78. The number of nitrogens with one attached hydrogen (secondary N) is 1. The van der Waals surface area contributed by atoms with Gasteiger partial charge < -0.3 is 5.32 Å². The first-order valence-corrected chi connectivity index (χ1v) is 7.85. The normalized spacial score (nSPS) is 16.8. The number of amides is 1. The molecule has 1 amide bonds. The molecule has 1 aliphatic carbocycles. The van der Waals surface area contributed by atoms with Gasteiger partial charge in [-0.25, -0.2) is 4.68 Å². The van der Waals surface area contributed by atoms with E-state index < -0.39 is 0 Å². The van der Waals surface area contributed by atoms with Crippen LogP contribution in [-0.4, -0.2) is 37.9 Å². The smallest absolute Gasteiger partial charge is 0.230 e. The maximum atomic E-state index is 11.9. The van der Waals surface area contributed by atoms with E-state index in [0.717, 1.165) is 12.8 Å². The lowest BCUT2D eigenvalue weighted by atomic mass is 9.95. The molecule has 1 N–H and O–H groups in total. The van der Waals surface area contributed by atoms with Crippen LogP contribution in [0.5, 0.6) is 0 Å². The molecule has 0 atom stereocenters. The molecule has 0 radical (unpaired) electrons. The maximum Gasteiger partial charge on any atom is 0.230 e. The number of aromatic nitrogens is 4. The van der Waals surface area contributed by atoms with Crippen LogP contribution in [0.4, 0.5) is 0 Å². The van der Waals surface area contributed by atoms with Gasteiger partial charge in [-0.2, -0.15) is 0 Å². The summed E-state index contributed by atoms with van der Waals surface area (Å²) >= 11 is 1.39. The summed E-state index contributed by atoms with van der Waals surface area (Å²) in [7, 11) is 0. The molecule has 0 aromatic carbocycles. The highest BCUT2D eigenvalue weighted by Gasteiger charge is 2.17. The minimum Gasteiger partial charge on any atom is -0.353 e. The lowest BCUT2D eigenvalue weighted by molar-refractivity contribution is -0.119. The van der Waals surface area contributed by atoms with Crippen LogP contribution in [0.3, 0.4) is 0 Å². The molecule has 0 spiro atoms. The number of tetrazole rings is 1. The molecule has 1 saturated carbocycles. The molecule has 19 heavy (non-hydrogen) atoms. The minimum absolute atomic E-state index is 0.0789. The second kappa shape index (κ2) is 6.88. The zero-order chi connectivity index (χ0) is 13.7. The monoisotopic (exact) mass is 283 g/mol. The van der Waals surface area contributed by atoms with Crippen molar-refractivity contribution < 1.29 is 4.79 Å². The van der Waals surface area contributed by atoms with Crippen molar-refractivity contribution in [1.82, 2.24) is 25.5 Å². The van der Waals surface area contributed by atoms with Crippen molar-refractivity contribution >= 4 is 17.7 Å².